The molecule has 2 atom stereocenters. The van der Waals surface area contributed by atoms with E-state index in [0.29, 0.717) is 6.04 Å². The molecule has 2 aliphatic rings. The zero-order valence-corrected chi connectivity index (χ0v) is 10.00. The van der Waals surface area contributed by atoms with E-state index < -0.39 is 5.60 Å². The Bertz CT molecular complexity index is 249. The lowest BCUT2D eigenvalue weighted by atomic mass is 9.88. The quantitative estimate of drug-likeness (QED) is 0.670. The van der Waals surface area contributed by atoms with Gasteiger partial charge < -0.3 is 10.0 Å². The number of allylic oxidation sites excluding steroid dienone is 1. The highest BCUT2D eigenvalue weighted by Gasteiger charge is 2.41. The van der Waals surface area contributed by atoms with E-state index in [4.69, 9.17) is 0 Å². The van der Waals surface area contributed by atoms with Gasteiger partial charge in [-0.15, -0.1) is 0 Å². The lowest BCUT2D eigenvalue weighted by Gasteiger charge is -2.25. The summed E-state index contributed by atoms with van der Waals surface area (Å²) in [4.78, 5) is 2.27. The van der Waals surface area contributed by atoms with E-state index in [0.717, 1.165) is 25.8 Å². The lowest BCUT2D eigenvalue weighted by Crippen LogP contribution is -2.34. The van der Waals surface area contributed by atoms with E-state index in [1.165, 1.54) is 24.8 Å². The number of rotatable bonds is 1. The van der Waals surface area contributed by atoms with Gasteiger partial charge in [-0.2, -0.15) is 0 Å². The Labute approximate surface area is 93.0 Å². The highest BCUT2D eigenvalue weighted by Crippen LogP contribution is 2.36. The molecule has 0 amide bonds. The first-order chi connectivity index (χ1) is 7.12. The van der Waals surface area contributed by atoms with E-state index in [-0.39, 0.29) is 0 Å². The highest BCUT2D eigenvalue weighted by atomic mass is 16.3. The highest BCUT2D eigenvalue weighted by molar-refractivity contribution is 5.21. The zero-order chi connectivity index (χ0) is 10.9. The molecule has 0 aromatic heterocycles. The third-order valence-electron chi connectivity index (χ3n) is 4.04. The van der Waals surface area contributed by atoms with Crippen LogP contribution >= 0.6 is 0 Å². The van der Waals surface area contributed by atoms with Crippen molar-refractivity contribution in [3.63, 3.8) is 0 Å². The molecule has 2 nitrogen and oxygen atoms in total. The van der Waals surface area contributed by atoms with Crippen LogP contribution in [0.2, 0.25) is 0 Å². The molecule has 0 saturated carbocycles. The Kier molecular flexibility index (Phi) is 3.17. The van der Waals surface area contributed by atoms with Crippen molar-refractivity contribution in [3.8, 4) is 0 Å². The van der Waals surface area contributed by atoms with Crippen molar-refractivity contribution < 1.29 is 5.11 Å². The predicted octanol–water partition coefficient (Wildman–Crippen LogP) is 2.33. The number of hydrogen-bond donors (Lipinski definition) is 1. The molecule has 1 heterocycles. The SMILES string of the molecule is CC1CC(O)(C2=CCCCCC2)CN1C. The van der Waals surface area contributed by atoms with Crippen LogP contribution in [0.3, 0.4) is 0 Å². The van der Waals surface area contributed by atoms with Crippen molar-refractivity contribution in [2.75, 3.05) is 13.6 Å². The van der Waals surface area contributed by atoms with Gasteiger partial charge in [0.15, 0.2) is 0 Å². The average molecular weight is 209 g/mol. The van der Waals surface area contributed by atoms with Gasteiger partial charge in [0.25, 0.3) is 0 Å². The third kappa shape index (κ3) is 2.26. The molecule has 1 N–H and O–H groups in total. The number of likely N-dealkylation sites (tertiary alicyclic amines) is 1. The average Bonchev–Trinajstić information content (AvgIpc) is 2.45. The van der Waals surface area contributed by atoms with Crippen LogP contribution in [-0.2, 0) is 0 Å². The summed E-state index contributed by atoms with van der Waals surface area (Å²) in [6.45, 7) is 3.02. The monoisotopic (exact) mass is 209 g/mol. The number of hydrogen-bond acceptors (Lipinski definition) is 2. The summed E-state index contributed by atoms with van der Waals surface area (Å²) >= 11 is 0. The van der Waals surface area contributed by atoms with Crippen LogP contribution in [-0.4, -0.2) is 35.2 Å². The fourth-order valence-corrected chi connectivity index (χ4v) is 2.95. The molecule has 2 unspecified atom stereocenters. The van der Waals surface area contributed by atoms with Crippen LogP contribution in [0.5, 0.6) is 0 Å². The largest absolute Gasteiger partial charge is 0.384 e. The predicted molar refractivity (Wildman–Crippen MR) is 62.8 cm³/mol. The molecule has 15 heavy (non-hydrogen) atoms. The van der Waals surface area contributed by atoms with Crippen LogP contribution in [0.1, 0.15) is 45.4 Å². The Morgan fingerprint density at radius 2 is 2.20 bits per heavy atom. The van der Waals surface area contributed by atoms with Gasteiger partial charge in [-0.25, -0.2) is 0 Å². The lowest BCUT2D eigenvalue weighted by molar-refractivity contribution is 0.0854. The van der Waals surface area contributed by atoms with Crippen LogP contribution in [0.15, 0.2) is 11.6 Å². The molecule has 1 saturated heterocycles. The zero-order valence-electron chi connectivity index (χ0n) is 10.00. The van der Waals surface area contributed by atoms with E-state index in [1.807, 2.05) is 0 Å². The maximum atomic E-state index is 10.7. The molecule has 0 aromatic rings. The molecular formula is C13H23NO. The van der Waals surface area contributed by atoms with Crippen molar-refractivity contribution in [2.24, 2.45) is 0 Å². The Morgan fingerprint density at radius 3 is 2.87 bits per heavy atom. The maximum Gasteiger partial charge on any atom is 0.0997 e. The van der Waals surface area contributed by atoms with Gasteiger partial charge in [-0.3, -0.25) is 0 Å². The molecular weight excluding hydrogens is 186 g/mol. The molecule has 0 radical (unpaired) electrons. The van der Waals surface area contributed by atoms with Gasteiger partial charge in [0.2, 0.25) is 0 Å². The summed E-state index contributed by atoms with van der Waals surface area (Å²) in [5.74, 6) is 0. The minimum Gasteiger partial charge on any atom is -0.384 e. The van der Waals surface area contributed by atoms with Crippen molar-refractivity contribution in [2.45, 2.75) is 57.1 Å². The third-order valence-corrected chi connectivity index (χ3v) is 4.04. The summed E-state index contributed by atoms with van der Waals surface area (Å²) in [7, 11) is 2.11. The van der Waals surface area contributed by atoms with Crippen molar-refractivity contribution in [1.29, 1.82) is 0 Å². The number of nitrogens with zero attached hydrogens (tertiary/aromatic N) is 1. The van der Waals surface area contributed by atoms with E-state index in [9.17, 15) is 5.11 Å². The van der Waals surface area contributed by atoms with Gasteiger partial charge >= 0.3 is 0 Å². The number of likely N-dealkylation sites (N-methyl/N-ethyl adjacent to an activating group) is 1. The minimum atomic E-state index is -0.515. The normalized spacial score (nSPS) is 38.9. The number of β-amino-alcohol motifs (C(OH)–C–C–N with tert-alkyl or cyclic N) is 1. The summed E-state index contributed by atoms with van der Waals surface area (Å²) in [5.41, 5.74) is 0.801. The first-order valence-electron chi connectivity index (χ1n) is 6.24. The second kappa shape index (κ2) is 4.26. The van der Waals surface area contributed by atoms with E-state index in [1.54, 1.807) is 0 Å². The Balaban J connectivity index is 2.11. The maximum absolute atomic E-state index is 10.7. The van der Waals surface area contributed by atoms with Crippen LogP contribution < -0.4 is 0 Å². The van der Waals surface area contributed by atoms with Crippen molar-refractivity contribution in [1.82, 2.24) is 4.90 Å². The van der Waals surface area contributed by atoms with E-state index in [2.05, 4.69) is 24.9 Å². The van der Waals surface area contributed by atoms with Gasteiger partial charge in [-0.05, 0) is 51.6 Å². The second-order valence-electron chi connectivity index (χ2n) is 5.33. The molecule has 0 bridgehead atoms. The smallest absolute Gasteiger partial charge is 0.0997 e. The fraction of sp³-hybridized carbons (Fsp3) is 0.846. The second-order valence-corrected chi connectivity index (χ2v) is 5.33. The van der Waals surface area contributed by atoms with Crippen LogP contribution in [0, 0.1) is 0 Å². The van der Waals surface area contributed by atoms with Gasteiger partial charge in [0.1, 0.15) is 0 Å². The molecule has 0 aromatic carbocycles. The molecule has 86 valence electrons. The van der Waals surface area contributed by atoms with Gasteiger partial charge in [-0.1, -0.05) is 12.5 Å². The van der Waals surface area contributed by atoms with Crippen molar-refractivity contribution >= 4 is 0 Å². The van der Waals surface area contributed by atoms with E-state index >= 15 is 0 Å². The summed E-state index contributed by atoms with van der Waals surface area (Å²) in [5, 5.41) is 10.7. The first kappa shape index (κ1) is 11.2. The summed E-state index contributed by atoms with van der Waals surface area (Å²) < 4.78 is 0. The van der Waals surface area contributed by atoms with Crippen molar-refractivity contribution in [3.05, 3.63) is 11.6 Å². The summed E-state index contributed by atoms with van der Waals surface area (Å²) in [6.07, 6.45) is 9.36. The van der Waals surface area contributed by atoms with Crippen LogP contribution in [0.4, 0.5) is 0 Å². The molecule has 0 spiro atoms. The molecule has 1 fully saturated rings. The van der Waals surface area contributed by atoms with Crippen LogP contribution in [0.25, 0.3) is 0 Å². The minimum absolute atomic E-state index is 0.513. The molecule has 1 aliphatic carbocycles. The molecule has 2 rings (SSSR count). The Hall–Kier alpha value is -0.340. The standard InChI is InChI=1S/C13H23NO/c1-11-9-13(15,10-14(11)2)12-7-5-3-4-6-8-12/h7,11,15H,3-6,8-10H2,1-2H3. The number of aliphatic hydroxyl groups is 1. The Morgan fingerprint density at radius 1 is 1.40 bits per heavy atom. The topological polar surface area (TPSA) is 23.5 Å². The first-order valence-corrected chi connectivity index (χ1v) is 6.24. The fourth-order valence-electron chi connectivity index (χ4n) is 2.95. The molecule has 2 heteroatoms. The van der Waals surface area contributed by atoms with Gasteiger partial charge in [0, 0.05) is 12.6 Å². The summed E-state index contributed by atoms with van der Waals surface area (Å²) in [6, 6.07) is 0.513. The molecule has 1 aliphatic heterocycles. The van der Waals surface area contributed by atoms with Gasteiger partial charge in [0.05, 0.1) is 5.60 Å².